The van der Waals surface area contributed by atoms with Gasteiger partial charge in [-0.3, -0.25) is 4.68 Å². The van der Waals surface area contributed by atoms with E-state index in [9.17, 15) is 0 Å². The molecule has 0 spiro atoms. The molecule has 1 aromatic heterocycles. The Morgan fingerprint density at radius 1 is 1.69 bits per heavy atom. The average Bonchev–Trinajstić information content (AvgIpc) is 2.60. The predicted molar refractivity (Wildman–Crippen MR) is 54.9 cm³/mol. The van der Waals surface area contributed by atoms with E-state index in [1.165, 1.54) is 19.3 Å². The average molecular weight is 244 g/mol. The summed E-state index contributed by atoms with van der Waals surface area (Å²) in [6, 6.07) is 0. The third-order valence-electron chi connectivity index (χ3n) is 2.90. The van der Waals surface area contributed by atoms with Crippen LogP contribution >= 0.6 is 15.9 Å². The van der Waals surface area contributed by atoms with Gasteiger partial charge in [0.1, 0.15) is 0 Å². The third kappa shape index (κ3) is 1.64. The molecule has 0 radical (unpaired) electrons. The van der Waals surface area contributed by atoms with Crippen molar-refractivity contribution in [3.05, 3.63) is 11.9 Å². The molecule has 2 atom stereocenters. The molecule has 0 N–H and O–H groups in total. The van der Waals surface area contributed by atoms with E-state index in [0.717, 1.165) is 5.69 Å². The first-order valence-electron chi connectivity index (χ1n) is 4.61. The topological polar surface area (TPSA) is 30.7 Å². The Kier molecular flexibility index (Phi) is 2.18. The molecule has 1 heterocycles. The van der Waals surface area contributed by atoms with Crippen LogP contribution in [-0.2, 0) is 12.5 Å². The number of aryl methyl sites for hydroxylation is 1. The maximum absolute atomic E-state index is 4.20. The SMILES string of the molecule is Cn1cc(C2(C)CCC(Br)C2)nn1. The van der Waals surface area contributed by atoms with Crippen LogP contribution in [-0.4, -0.2) is 19.8 Å². The summed E-state index contributed by atoms with van der Waals surface area (Å²) in [5.41, 5.74) is 1.37. The lowest BCUT2D eigenvalue weighted by Gasteiger charge is -2.19. The van der Waals surface area contributed by atoms with Crippen molar-refractivity contribution in [3.8, 4) is 0 Å². The van der Waals surface area contributed by atoms with Crippen LogP contribution in [0.5, 0.6) is 0 Å². The van der Waals surface area contributed by atoms with E-state index < -0.39 is 0 Å². The van der Waals surface area contributed by atoms with Crippen molar-refractivity contribution in [2.24, 2.45) is 7.05 Å². The first kappa shape index (κ1) is 9.19. The van der Waals surface area contributed by atoms with E-state index in [-0.39, 0.29) is 5.41 Å². The molecule has 0 aliphatic heterocycles. The molecular weight excluding hydrogens is 230 g/mol. The van der Waals surface area contributed by atoms with E-state index >= 15 is 0 Å². The molecule has 0 amide bonds. The van der Waals surface area contributed by atoms with Gasteiger partial charge in [-0.2, -0.15) is 0 Å². The number of alkyl halides is 1. The second-order valence-electron chi connectivity index (χ2n) is 4.18. The fourth-order valence-electron chi connectivity index (χ4n) is 2.02. The lowest BCUT2D eigenvalue weighted by atomic mass is 9.86. The molecule has 0 saturated heterocycles. The van der Waals surface area contributed by atoms with Crippen molar-refractivity contribution >= 4 is 15.9 Å². The van der Waals surface area contributed by atoms with Crippen LogP contribution in [0.3, 0.4) is 0 Å². The molecule has 0 aromatic carbocycles. The summed E-state index contributed by atoms with van der Waals surface area (Å²) in [5, 5.41) is 8.18. The summed E-state index contributed by atoms with van der Waals surface area (Å²) in [4.78, 5) is 0.652. The highest BCUT2D eigenvalue weighted by molar-refractivity contribution is 9.09. The van der Waals surface area contributed by atoms with Crippen molar-refractivity contribution in [1.29, 1.82) is 0 Å². The highest BCUT2D eigenvalue weighted by Gasteiger charge is 2.37. The van der Waals surface area contributed by atoms with Gasteiger partial charge in [-0.1, -0.05) is 28.1 Å². The molecule has 1 saturated carbocycles. The molecule has 0 bridgehead atoms. The number of rotatable bonds is 1. The molecule has 1 aromatic rings. The Balaban J connectivity index is 2.25. The van der Waals surface area contributed by atoms with E-state index in [0.29, 0.717) is 4.83 Å². The van der Waals surface area contributed by atoms with E-state index in [1.807, 2.05) is 13.2 Å². The molecule has 1 aliphatic carbocycles. The van der Waals surface area contributed by atoms with Crippen LogP contribution in [0, 0.1) is 0 Å². The molecule has 2 unspecified atom stereocenters. The summed E-state index contributed by atoms with van der Waals surface area (Å²) >= 11 is 3.66. The second-order valence-corrected chi connectivity index (χ2v) is 5.47. The van der Waals surface area contributed by atoms with Crippen molar-refractivity contribution in [1.82, 2.24) is 15.0 Å². The minimum Gasteiger partial charge on any atom is -0.255 e. The molecule has 72 valence electrons. The zero-order valence-corrected chi connectivity index (χ0v) is 9.58. The molecule has 2 rings (SSSR count). The Labute approximate surface area is 86.6 Å². The fourth-order valence-corrected chi connectivity index (χ4v) is 2.97. The Morgan fingerprint density at radius 3 is 2.92 bits per heavy atom. The van der Waals surface area contributed by atoms with Gasteiger partial charge < -0.3 is 0 Å². The normalized spacial score (nSPS) is 33.9. The minimum atomic E-state index is 0.239. The number of hydrogen-bond donors (Lipinski definition) is 0. The fraction of sp³-hybridized carbons (Fsp3) is 0.778. The number of nitrogens with zero attached hydrogens (tertiary/aromatic N) is 3. The van der Waals surface area contributed by atoms with E-state index in [4.69, 9.17) is 0 Å². The Bertz CT molecular complexity index is 310. The summed E-state index contributed by atoms with van der Waals surface area (Å²) < 4.78 is 1.78. The maximum atomic E-state index is 4.20. The van der Waals surface area contributed by atoms with Crippen LogP contribution in [0.15, 0.2) is 6.20 Å². The van der Waals surface area contributed by atoms with Gasteiger partial charge in [0.2, 0.25) is 0 Å². The van der Waals surface area contributed by atoms with Crippen LogP contribution in [0.4, 0.5) is 0 Å². The standard InChI is InChI=1S/C9H14BrN3/c1-9(4-3-7(10)5-9)8-6-13(2)12-11-8/h6-7H,3-5H2,1-2H3. The molecule has 13 heavy (non-hydrogen) atoms. The summed E-state index contributed by atoms with van der Waals surface area (Å²) in [6.45, 7) is 2.28. The van der Waals surface area contributed by atoms with Gasteiger partial charge in [0, 0.05) is 23.5 Å². The smallest absolute Gasteiger partial charge is 0.0886 e. The highest BCUT2D eigenvalue weighted by Crippen LogP contribution is 2.42. The van der Waals surface area contributed by atoms with Gasteiger partial charge in [-0.15, -0.1) is 5.10 Å². The predicted octanol–water partition coefficient (Wildman–Crippen LogP) is 2.02. The lowest BCUT2D eigenvalue weighted by Crippen LogP contribution is -2.18. The Morgan fingerprint density at radius 2 is 2.46 bits per heavy atom. The largest absolute Gasteiger partial charge is 0.255 e. The van der Waals surface area contributed by atoms with E-state index in [1.54, 1.807) is 4.68 Å². The maximum Gasteiger partial charge on any atom is 0.0886 e. The first-order valence-corrected chi connectivity index (χ1v) is 5.53. The Hall–Kier alpha value is -0.380. The molecule has 1 aliphatic rings. The first-order chi connectivity index (χ1) is 6.10. The third-order valence-corrected chi connectivity index (χ3v) is 3.68. The summed E-state index contributed by atoms with van der Waals surface area (Å²) in [7, 11) is 1.92. The monoisotopic (exact) mass is 243 g/mol. The van der Waals surface area contributed by atoms with Crippen molar-refractivity contribution < 1.29 is 0 Å². The van der Waals surface area contributed by atoms with Gasteiger partial charge in [0.05, 0.1) is 5.69 Å². The van der Waals surface area contributed by atoms with E-state index in [2.05, 4.69) is 33.2 Å². The van der Waals surface area contributed by atoms with Gasteiger partial charge in [-0.05, 0) is 19.3 Å². The van der Waals surface area contributed by atoms with Crippen LogP contribution < -0.4 is 0 Å². The summed E-state index contributed by atoms with van der Waals surface area (Å²) in [6.07, 6.45) is 5.66. The van der Waals surface area contributed by atoms with Gasteiger partial charge in [-0.25, -0.2) is 0 Å². The molecule has 3 nitrogen and oxygen atoms in total. The highest BCUT2D eigenvalue weighted by atomic mass is 79.9. The minimum absolute atomic E-state index is 0.239. The number of halogens is 1. The van der Waals surface area contributed by atoms with Crippen LogP contribution in [0.1, 0.15) is 31.9 Å². The molecule has 1 fully saturated rings. The summed E-state index contributed by atoms with van der Waals surface area (Å²) in [5.74, 6) is 0. The lowest BCUT2D eigenvalue weighted by molar-refractivity contribution is 0.476. The number of hydrogen-bond acceptors (Lipinski definition) is 2. The zero-order valence-electron chi connectivity index (χ0n) is 8.00. The van der Waals surface area contributed by atoms with Crippen LogP contribution in [0.25, 0.3) is 0 Å². The number of aromatic nitrogens is 3. The van der Waals surface area contributed by atoms with Crippen molar-refractivity contribution in [3.63, 3.8) is 0 Å². The zero-order chi connectivity index (χ0) is 9.47. The second kappa shape index (κ2) is 3.08. The van der Waals surface area contributed by atoms with Crippen LogP contribution in [0.2, 0.25) is 0 Å². The molecule has 4 heteroatoms. The van der Waals surface area contributed by atoms with Crippen molar-refractivity contribution in [2.45, 2.75) is 36.4 Å². The quantitative estimate of drug-likeness (QED) is 0.707. The van der Waals surface area contributed by atoms with Gasteiger partial charge in [0.25, 0.3) is 0 Å². The van der Waals surface area contributed by atoms with Gasteiger partial charge in [0.15, 0.2) is 0 Å². The van der Waals surface area contributed by atoms with Gasteiger partial charge >= 0.3 is 0 Å². The van der Waals surface area contributed by atoms with Crippen molar-refractivity contribution in [2.75, 3.05) is 0 Å². The molecular formula is C9H14BrN3.